The van der Waals surface area contributed by atoms with E-state index in [-0.39, 0.29) is 11.6 Å². The summed E-state index contributed by atoms with van der Waals surface area (Å²) in [4.78, 5) is 32.6. The minimum Gasteiger partial charge on any atom is -0.465 e. The highest BCUT2D eigenvalue weighted by atomic mass is 16.5. The summed E-state index contributed by atoms with van der Waals surface area (Å²) in [6.07, 6.45) is 0. The average Bonchev–Trinajstić information content (AvgIpc) is 2.69. The molecular formula is C21H20N4O3. The van der Waals surface area contributed by atoms with Crippen LogP contribution < -0.4 is 10.6 Å². The predicted octanol–water partition coefficient (Wildman–Crippen LogP) is 3.88. The Morgan fingerprint density at radius 1 is 0.893 bits per heavy atom. The van der Waals surface area contributed by atoms with Gasteiger partial charge in [0, 0.05) is 17.4 Å². The molecule has 0 saturated carbocycles. The van der Waals surface area contributed by atoms with E-state index in [1.54, 1.807) is 37.3 Å². The first-order valence-electron chi connectivity index (χ1n) is 8.64. The highest BCUT2D eigenvalue weighted by Gasteiger charge is 2.12. The molecule has 1 aromatic heterocycles. The highest BCUT2D eigenvalue weighted by molar-refractivity contribution is 6.03. The number of nitrogens with one attached hydrogen (secondary N) is 2. The van der Waals surface area contributed by atoms with Crippen LogP contribution in [0.3, 0.4) is 0 Å². The summed E-state index contributed by atoms with van der Waals surface area (Å²) in [5.74, 6) is 0.199. The topological polar surface area (TPSA) is 93.2 Å². The van der Waals surface area contributed by atoms with Gasteiger partial charge in [0.15, 0.2) is 0 Å². The number of anilines is 3. The first-order valence-corrected chi connectivity index (χ1v) is 8.64. The summed E-state index contributed by atoms with van der Waals surface area (Å²) in [6, 6.07) is 15.9. The fourth-order valence-electron chi connectivity index (χ4n) is 2.54. The molecule has 142 valence electrons. The third-order valence-corrected chi connectivity index (χ3v) is 3.96. The molecule has 0 unspecified atom stereocenters. The van der Waals surface area contributed by atoms with Crippen LogP contribution >= 0.6 is 0 Å². The quantitative estimate of drug-likeness (QED) is 0.657. The number of amides is 1. The summed E-state index contributed by atoms with van der Waals surface area (Å²) in [6.45, 7) is 3.74. The van der Waals surface area contributed by atoms with Gasteiger partial charge in [0.25, 0.3) is 5.91 Å². The molecule has 7 nitrogen and oxygen atoms in total. The van der Waals surface area contributed by atoms with Crippen LogP contribution in [0, 0.1) is 13.8 Å². The molecule has 2 aromatic carbocycles. The second-order valence-corrected chi connectivity index (χ2v) is 6.20. The van der Waals surface area contributed by atoms with Crippen molar-refractivity contribution in [3.05, 3.63) is 77.2 Å². The third kappa shape index (κ3) is 4.70. The molecule has 1 heterocycles. The number of esters is 1. The highest BCUT2D eigenvalue weighted by Crippen LogP contribution is 2.17. The monoisotopic (exact) mass is 376 g/mol. The van der Waals surface area contributed by atoms with Gasteiger partial charge in [0.2, 0.25) is 0 Å². The number of aryl methyl sites for hydroxylation is 2. The van der Waals surface area contributed by atoms with E-state index in [9.17, 15) is 9.59 Å². The molecule has 0 spiro atoms. The van der Waals surface area contributed by atoms with E-state index in [0.29, 0.717) is 22.9 Å². The van der Waals surface area contributed by atoms with Crippen LogP contribution in [-0.2, 0) is 4.74 Å². The van der Waals surface area contributed by atoms with E-state index in [1.165, 1.54) is 7.11 Å². The van der Waals surface area contributed by atoms with Crippen molar-refractivity contribution in [1.29, 1.82) is 0 Å². The van der Waals surface area contributed by atoms with Crippen molar-refractivity contribution in [3.8, 4) is 0 Å². The maximum absolute atomic E-state index is 12.6. The van der Waals surface area contributed by atoms with Crippen molar-refractivity contribution >= 4 is 29.1 Å². The number of carbonyl (C=O) groups is 2. The lowest BCUT2D eigenvalue weighted by Gasteiger charge is -2.10. The minimum atomic E-state index is -0.434. The second kappa shape index (κ2) is 8.30. The number of aromatic nitrogens is 2. The van der Waals surface area contributed by atoms with Crippen molar-refractivity contribution in [3.63, 3.8) is 0 Å². The zero-order chi connectivity index (χ0) is 20.1. The van der Waals surface area contributed by atoms with Crippen LogP contribution in [0.25, 0.3) is 0 Å². The molecule has 0 saturated heterocycles. The third-order valence-electron chi connectivity index (χ3n) is 3.96. The Morgan fingerprint density at radius 3 is 2.18 bits per heavy atom. The van der Waals surface area contributed by atoms with E-state index in [1.807, 2.05) is 31.2 Å². The number of carbonyl (C=O) groups excluding carboxylic acids is 2. The number of nitrogens with zero attached hydrogens (tertiary/aromatic N) is 2. The van der Waals surface area contributed by atoms with Crippen LogP contribution in [0.4, 0.5) is 17.2 Å². The number of ether oxygens (including phenoxy) is 1. The lowest BCUT2D eigenvalue weighted by molar-refractivity contribution is 0.0600. The molecule has 28 heavy (non-hydrogen) atoms. The van der Waals surface area contributed by atoms with E-state index in [4.69, 9.17) is 0 Å². The molecule has 3 rings (SSSR count). The Morgan fingerprint density at radius 2 is 1.54 bits per heavy atom. The molecule has 1 amide bonds. The van der Waals surface area contributed by atoms with Gasteiger partial charge in [0.05, 0.1) is 12.7 Å². The SMILES string of the molecule is COC(=O)c1ccc(NC(=O)c2cc(Nc3ccc(C)cc3)nc(C)n2)cc1. The first-order chi connectivity index (χ1) is 13.4. The molecule has 0 fully saturated rings. The fraction of sp³-hybridized carbons (Fsp3) is 0.143. The van der Waals surface area contributed by atoms with Crippen molar-refractivity contribution in [1.82, 2.24) is 9.97 Å². The van der Waals surface area contributed by atoms with Gasteiger partial charge in [-0.1, -0.05) is 17.7 Å². The largest absolute Gasteiger partial charge is 0.465 e. The Bertz CT molecular complexity index is 999. The lowest BCUT2D eigenvalue weighted by atomic mass is 10.2. The number of benzene rings is 2. The number of hydrogen-bond acceptors (Lipinski definition) is 6. The van der Waals surface area contributed by atoms with E-state index in [0.717, 1.165) is 11.3 Å². The summed E-state index contributed by atoms with van der Waals surface area (Å²) in [7, 11) is 1.32. The van der Waals surface area contributed by atoms with Crippen molar-refractivity contribution in [2.75, 3.05) is 17.7 Å². The summed E-state index contributed by atoms with van der Waals surface area (Å²) < 4.78 is 4.66. The Kier molecular flexibility index (Phi) is 5.64. The molecular weight excluding hydrogens is 356 g/mol. The molecule has 0 atom stereocenters. The van der Waals surface area contributed by atoms with Gasteiger partial charge in [0.1, 0.15) is 17.3 Å². The standard InChI is InChI=1S/C21H20N4O3/c1-13-4-8-16(9-5-13)24-19-12-18(22-14(2)23-19)20(26)25-17-10-6-15(7-11-17)21(27)28-3/h4-12H,1-3H3,(H,25,26)(H,22,23,24). The minimum absolute atomic E-state index is 0.235. The smallest absolute Gasteiger partial charge is 0.337 e. The normalized spacial score (nSPS) is 10.2. The Balaban J connectivity index is 1.75. The van der Waals surface area contributed by atoms with Crippen LogP contribution in [0.2, 0.25) is 0 Å². The second-order valence-electron chi connectivity index (χ2n) is 6.20. The van der Waals surface area contributed by atoms with Crippen molar-refractivity contribution in [2.24, 2.45) is 0 Å². The van der Waals surface area contributed by atoms with Crippen LogP contribution in [0.5, 0.6) is 0 Å². The molecule has 7 heteroatoms. The summed E-state index contributed by atoms with van der Waals surface area (Å²) in [5.41, 5.74) is 3.21. The van der Waals surface area contributed by atoms with E-state index in [2.05, 4.69) is 25.3 Å². The summed E-state index contributed by atoms with van der Waals surface area (Å²) in [5, 5.41) is 5.93. The number of methoxy groups -OCH3 is 1. The Hall–Kier alpha value is -3.74. The van der Waals surface area contributed by atoms with Gasteiger partial charge in [-0.05, 0) is 50.2 Å². The van der Waals surface area contributed by atoms with Gasteiger partial charge in [-0.3, -0.25) is 4.79 Å². The molecule has 0 radical (unpaired) electrons. The van der Waals surface area contributed by atoms with Crippen molar-refractivity contribution in [2.45, 2.75) is 13.8 Å². The zero-order valence-electron chi connectivity index (χ0n) is 15.8. The van der Waals surface area contributed by atoms with E-state index >= 15 is 0 Å². The first kappa shape index (κ1) is 19.0. The Labute approximate surface area is 162 Å². The van der Waals surface area contributed by atoms with Crippen LogP contribution in [0.15, 0.2) is 54.6 Å². The molecule has 2 N–H and O–H groups in total. The predicted molar refractivity (Wildman–Crippen MR) is 107 cm³/mol. The number of rotatable bonds is 5. The van der Waals surface area contributed by atoms with Gasteiger partial charge >= 0.3 is 5.97 Å². The van der Waals surface area contributed by atoms with Gasteiger partial charge in [-0.15, -0.1) is 0 Å². The maximum atomic E-state index is 12.6. The average molecular weight is 376 g/mol. The van der Waals surface area contributed by atoms with E-state index < -0.39 is 5.97 Å². The summed E-state index contributed by atoms with van der Waals surface area (Å²) >= 11 is 0. The molecule has 3 aromatic rings. The van der Waals surface area contributed by atoms with Gasteiger partial charge in [-0.2, -0.15) is 0 Å². The fourth-order valence-corrected chi connectivity index (χ4v) is 2.54. The number of hydrogen-bond donors (Lipinski definition) is 2. The maximum Gasteiger partial charge on any atom is 0.337 e. The lowest BCUT2D eigenvalue weighted by Crippen LogP contribution is -2.15. The molecule has 0 aliphatic heterocycles. The van der Waals surface area contributed by atoms with Crippen LogP contribution in [0.1, 0.15) is 32.2 Å². The van der Waals surface area contributed by atoms with Crippen LogP contribution in [-0.4, -0.2) is 29.0 Å². The van der Waals surface area contributed by atoms with Crippen molar-refractivity contribution < 1.29 is 14.3 Å². The molecule has 0 aliphatic carbocycles. The molecule has 0 aliphatic rings. The van der Waals surface area contributed by atoms with Gasteiger partial charge < -0.3 is 15.4 Å². The zero-order valence-corrected chi connectivity index (χ0v) is 15.8. The molecule has 0 bridgehead atoms. The van der Waals surface area contributed by atoms with Gasteiger partial charge in [-0.25, -0.2) is 14.8 Å².